The van der Waals surface area contributed by atoms with Crippen molar-refractivity contribution >= 4 is 9.84 Å². The lowest BCUT2D eigenvalue weighted by Gasteiger charge is -2.31. The summed E-state index contributed by atoms with van der Waals surface area (Å²) in [5.41, 5.74) is 0. The van der Waals surface area contributed by atoms with Crippen LogP contribution in [0.4, 0.5) is 0 Å². The van der Waals surface area contributed by atoms with Gasteiger partial charge in [-0.2, -0.15) is 0 Å². The summed E-state index contributed by atoms with van der Waals surface area (Å²) < 4.78 is 30.2. The number of benzene rings is 1. The summed E-state index contributed by atoms with van der Waals surface area (Å²) in [4.78, 5) is 0.288. The molecule has 0 spiro atoms. The zero-order valence-electron chi connectivity index (χ0n) is 8.41. The number of hydrogen-bond donors (Lipinski definition) is 0. The molecule has 16 heavy (non-hydrogen) atoms. The molecule has 0 unspecified atom stereocenters. The Morgan fingerprint density at radius 2 is 1.81 bits per heavy atom. The zero-order chi connectivity index (χ0) is 11.2. The largest absolute Gasteiger partial charge is 0.483 e. The summed E-state index contributed by atoms with van der Waals surface area (Å²) in [5, 5.41) is -0.590. The van der Waals surface area contributed by atoms with Crippen LogP contribution in [-0.4, -0.2) is 19.8 Å². The number of rotatable bonds is 0. The van der Waals surface area contributed by atoms with Gasteiger partial charge >= 0.3 is 0 Å². The first-order valence-electron chi connectivity index (χ1n) is 5.04. The molecule has 0 fully saturated rings. The molecule has 3 rings (SSSR count). The summed E-state index contributed by atoms with van der Waals surface area (Å²) in [7, 11) is -3.31. The monoisotopic (exact) mass is 234 g/mol. The SMILES string of the molecule is O=S1(=O)c2ccccc2O[C@@H]2C=CC=C[C@@H]21. The van der Waals surface area contributed by atoms with Gasteiger partial charge in [0.15, 0.2) is 9.84 Å². The lowest BCUT2D eigenvalue weighted by Crippen LogP contribution is -2.40. The average Bonchev–Trinajstić information content (AvgIpc) is 2.29. The van der Waals surface area contributed by atoms with Gasteiger partial charge in [-0.1, -0.05) is 30.4 Å². The van der Waals surface area contributed by atoms with Crippen molar-refractivity contribution in [3.63, 3.8) is 0 Å². The van der Waals surface area contributed by atoms with Crippen LogP contribution in [0.15, 0.2) is 53.5 Å². The molecule has 82 valence electrons. The van der Waals surface area contributed by atoms with Crippen LogP contribution in [0, 0.1) is 0 Å². The Labute approximate surface area is 94.0 Å². The third-order valence-corrected chi connectivity index (χ3v) is 4.91. The number of ether oxygens (including phenoxy) is 1. The topological polar surface area (TPSA) is 43.4 Å². The second kappa shape index (κ2) is 3.22. The quantitative estimate of drug-likeness (QED) is 0.686. The number of sulfone groups is 1. The van der Waals surface area contributed by atoms with Crippen LogP contribution >= 0.6 is 0 Å². The minimum Gasteiger partial charge on any atom is -0.483 e. The number of hydrogen-bond acceptors (Lipinski definition) is 3. The molecule has 0 saturated heterocycles. The number of fused-ring (bicyclic) bond motifs is 2. The first kappa shape index (κ1) is 9.66. The molecule has 0 saturated carbocycles. The Balaban J connectivity index is 2.23. The summed E-state index contributed by atoms with van der Waals surface area (Å²) >= 11 is 0. The van der Waals surface area contributed by atoms with Crippen molar-refractivity contribution in [2.75, 3.05) is 0 Å². The molecule has 0 bridgehead atoms. The van der Waals surface area contributed by atoms with Crippen LogP contribution < -0.4 is 4.74 Å². The first-order valence-corrected chi connectivity index (χ1v) is 6.59. The second-order valence-corrected chi connectivity index (χ2v) is 5.88. The lowest BCUT2D eigenvalue weighted by molar-refractivity contribution is 0.237. The fraction of sp³-hybridized carbons (Fsp3) is 0.167. The van der Waals surface area contributed by atoms with E-state index in [9.17, 15) is 8.42 Å². The first-order chi connectivity index (χ1) is 7.69. The number of para-hydroxylation sites is 1. The van der Waals surface area contributed by atoms with Gasteiger partial charge in [0.2, 0.25) is 0 Å². The minimum atomic E-state index is -3.31. The third kappa shape index (κ3) is 1.23. The van der Waals surface area contributed by atoms with Crippen molar-refractivity contribution in [2.24, 2.45) is 0 Å². The molecule has 0 amide bonds. The van der Waals surface area contributed by atoms with E-state index in [1.165, 1.54) is 0 Å². The maximum absolute atomic E-state index is 12.3. The van der Waals surface area contributed by atoms with E-state index in [4.69, 9.17) is 4.74 Å². The highest BCUT2D eigenvalue weighted by Gasteiger charge is 2.40. The third-order valence-electron chi connectivity index (χ3n) is 2.81. The summed E-state index contributed by atoms with van der Waals surface area (Å²) in [6.45, 7) is 0. The molecule has 0 aromatic heterocycles. The molecule has 1 aromatic carbocycles. The predicted octanol–water partition coefficient (Wildman–Crippen LogP) is 1.72. The van der Waals surface area contributed by atoms with Crippen LogP contribution in [0.1, 0.15) is 0 Å². The Hall–Kier alpha value is -1.55. The van der Waals surface area contributed by atoms with Gasteiger partial charge in [0.1, 0.15) is 22.0 Å². The molecule has 1 aromatic rings. The van der Waals surface area contributed by atoms with E-state index < -0.39 is 21.2 Å². The molecule has 1 aliphatic carbocycles. The van der Waals surface area contributed by atoms with Crippen LogP contribution in [0.2, 0.25) is 0 Å². The van der Waals surface area contributed by atoms with Crippen LogP contribution in [0.5, 0.6) is 5.75 Å². The maximum atomic E-state index is 12.3. The van der Waals surface area contributed by atoms with Gasteiger partial charge in [0.05, 0.1) is 0 Å². The Morgan fingerprint density at radius 3 is 2.69 bits per heavy atom. The smallest absolute Gasteiger partial charge is 0.192 e. The Kier molecular flexibility index (Phi) is 1.94. The van der Waals surface area contributed by atoms with Gasteiger partial charge in [0, 0.05) is 0 Å². The van der Waals surface area contributed by atoms with Crippen molar-refractivity contribution in [3.8, 4) is 5.75 Å². The number of allylic oxidation sites excluding steroid dienone is 2. The van der Waals surface area contributed by atoms with Crippen molar-refractivity contribution < 1.29 is 13.2 Å². The Bertz CT molecular complexity index is 584. The fourth-order valence-corrected chi connectivity index (χ4v) is 3.78. The molecule has 2 aliphatic rings. The molecular weight excluding hydrogens is 224 g/mol. The van der Waals surface area contributed by atoms with E-state index >= 15 is 0 Å². The molecule has 1 heterocycles. The van der Waals surface area contributed by atoms with Crippen LogP contribution in [-0.2, 0) is 9.84 Å². The Morgan fingerprint density at radius 1 is 1.06 bits per heavy atom. The van der Waals surface area contributed by atoms with Gasteiger partial charge in [-0.05, 0) is 18.2 Å². The highest BCUT2D eigenvalue weighted by atomic mass is 32.2. The average molecular weight is 234 g/mol. The molecule has 4 heteroatoms. The molecule has 0 radical (unpaired) electrons. The summed E-state index contributed by atoms with van der Waals surface area (Å²) in [6.07, 6.45) is 6.61. The lowest BCUT2D eigenvalue weighted by atomic mass is 10.1. The van der Waals surface area contributed by atoms with Crippen molar-refractivity contribution in [1.82, 2.24) is 0 Å². The second-order valence-electron chi connectivity index (χ2n) is 3.81. The standard InChI is InChI=1S/C12H10O3S/c13-16(14)11-7-3-1-5-9(11)15-10-6-2-4-8-12(10)16/h1-9,11H/t9-,11+/m1/s1. The predicted molar refractivity (Wildman–Crippen MR) is 60.1 cm³/mol. The van der Waals surface area contributed by atoms with E-state index in [1.54, 1.807) is 42.5 Å². The van der Waals surface area contributed by atoms with E-state index in [-0.39, 0.29) is 4.90 Å². The fourth-order valence-electron chi connectivity index (χ4n) is 2.03. The van der Waals surface area contributed by atoms with E-state index in [0.29, 0.717) is 5.75 Å². The molecular formula is C12H10O3S. The van der Waals surface area contributed by atoms with Gasteiger partial charge < -0.3 is 4.74 Å². The minimum absolute atomic E-state index is 0.288. The van der Waals surface area contributed by atoms with E-state index in [0.717, 1.165) is 0 Å². The highest BCUT2D eigenvalue weighted by molar-refractivity contribution is 7.92. The highest BCUT2D eigenvalue weighted by Crippen LogP contribution is 2.36. The van der Waals surface area contributed by atoms with Gasteiger partial charge in [0.25, 0.3) is 0 Å². The molecule has 3 nitrogen and oxygen atoms in total. The summed E-state index contributed by atoms with van der Waals surface area (Å²) in [6, 6.07) is 6.77. The molecule has 0 N–H and O–H groups in total. The van der Waals surface area contributed by atoms with Gasteiger partial charge in [-0.3, -0.25) is 0 Å². The van der Waals surface area contributed by atoms with Crippen molar-refractivity contribution in [2.45, 2.75) is 16.2 Å². The zero-order valence-corrected chi connectivity index (χ0v) is 9.22. The van der Waals surface area contributed by atoms with Gasteiger partial charge in [-0.25, -0.2) is 8.42 Å². The van der Waals surface area contributed by atoms with Gasteiger partial charge in [-0.15, -0.1) is 0 Å². The molecule has 2 atom stereocenters. The van der Waals surface area contributed by atoms with Crippen LogP contribution in [0.3, 0.4) is 0 Å². The summed E-state index contributed by atoms with van der Waals surface area (Å²) in [5.74, 6) is 0.448. The van der Waals surface area contributed by atoms with E-state index in [2.05, 4.69) is 0 Å². The van der Waals surface area contributed by atoms with Crippen molar-refractivity contribution in [3.05, 3.63) is 48.6 Å². The maximum Gasteiger partial charge on any atom is 0.192 e. The molecule has 1 aliphatic heterocycles. The van der Waals surface area contributed by atoms with Crippen molar-refractivity contribution in [1.29, 1.82) is 0 Å². The normalized spacial score (nSPS) is 29.0. The van der Waals surface area contributed by atoms with Crippen LogP contribution in [0.25, 0.3) is 0 Å². The van der Waals surface area contributed by atoms with E-state index in [1.807, 2.05) is 6.08 Å².